The predicted octanol–water partition coefficient (Wildman–Crippen LogP) is 3.43. The number of anilines is 1. The Kier molecular flexibility index (Phi) is 6.91. The minimum Gasteiger partial charge on any atom is -0.495 e. The van der Waals surface area contributed by atoms with Crippen LogP contribution in [0, 0.1) is 19.8 Å². The summed E-state index contributed by atoms with van der Waals surface area (Å²) in [6.45, 7) is 5.37. The second kappa shape index (κ2) is 9.28. The monoisotopic (exact) mass is 446 g/mol. The zero-order chi connectivity index (χ0) is 22.8. The van der Waals surface area contributed by atoms with Crippen LogP contribution in [-0.4, -0.2) is 51.0 Å². The zero-order valence-corrected chi connectivity index (χ0v) is 19.3. The van der Waals surface area contributed by atoms with Crippen molar-refractivity contribution in [2.45, 2.75) is 38.1 Å². The van der Waals surface area contributed by atoms with Gasteiger partial charge in [-0.05, 0) is 67.6 Å². The van der Waals surface area contributed by atoms with E-state index in [1.54, 1.807) is 19.2 Å². The number of ether oxygens (including phenoxy) is 1. The van der Waals surface area contributed by atoms with Gasteiger partial charge < -0.3 is 14.7 Å². The molecule has 1 heterocycles. The average molecular weight is 447 g/mol. The molecule has 0 atom stereocenters. The van der Waals surface area contributed by atoms with E-state index < -0.39 is 16.0 Å². The molecule has 0 unspecified atom stereocenters. The second-order valence-corrected chi connectivity index (χ2v) is 10.1. The second-order valence-electron chi connectivity index (χ2n) is 8.12. The molecule has 3 rings (SSSR count). The first-order chi connectivity index (χ1) is 14.6. The van der Waals surface area contributed by atoms with Crippen molar-refractivity contribution < 1.29 is 23.1 Å². The Balaban J connectivity index is 1.78. The molecule has 2 aromatic carbocycles. The fourth-order valence-corrected chi connectivity index (χ4v) is 5.25. The third-order valence-electron chi connectivity index (χ3n) is 5.99. The Morgan fingerprint density at radius 3 is 2.42 bits per heavy atom. The minimum atomic E-state index is -3.74. The highest BCUT2D eigenvalue weighted by molar-refractivity contribution is 7.89. The maximum Gasteiger partial charge on any atom is 0.306 e. The Morgan fingerprint density at radius 2 is 1.81 bits per heavy atom. The van der Waals surface area contributed by atoms with Crippen LogP contribution in [0.4, 0.5) is 5.69 Å². The summed E-state index contributed by atoms with van der Waals surface area (Å²) >= 11 is 0. The number of rotatable bonds is 7. The summed E-state index contributed by atoms with van der Waals surface area (Å²) in [6, 6.07) is 11.2. The molecule has 1 fully saturated rings. The molecule has 1 aliphatic heterocycles. The molecule has 168 valence electrons. The van der Waals surface area contributed by atoms with E-state index in [0.717, 1.165) is 22.4 Å². The molecule has 8 heteroatoms. The van der Waals surface area contributed by atoms with Crippen molar-refractivity contribution in [1.29, 1.82) is 0 Å². The van der Waals surface area contributed by atoms with E-state index in [4.69, 9.17) is 4.74 Å². The highest BCUT2D eigenvalue weighted by Crippen LogP contribution is 2.30. The van der Waals surface area contributed by atoms with Gasteiger partial charge in [0.2, 0.25) is 10.0 Å². The third kappa shape index (κ3) is 5.02. The summed E-state index contributed by atoms with van der Waals surface area (Å²) in [7, 11) is -0.707. The smallest absolute Gasteiger partial charge is 0.306 e. The van der Waals surface area contributed by atoms with Gasteiger partial charge in [0.25, 0.3) is 0 Å². The molecule has 0 amide bonds. The van der Waals surface area contributed by atoms with E-state index >= 15 is 0 Å². The van der Waals surface area contributed by atoms with E-state index in [2.05, 4.69) is 4.90 Å². The fraction of sp³-hybridized carbons (Fsp3) is 0.435. The van der Waals surface area contributed by atoms with Crippen molar-refractivity contribution >= 4 is 21.7 Å². The largest absolute Gasteiger partial charge is 0.495 e. The number of piperidine rings is 1. The van der Waals surface area contributed by atoms with Crippen molar-refractivity contribution in [3.05, 3.63) is 53.1 Å². The zero-order valence-electron chi connectivity index (χ0n) is 18.5. The normalized spacial score (nSPS) is 15.3. The molecule has 1 N–H and O–H groups in total. The SMILES string of the molecule is COc1cc(C)c(C)cc1S(=O)(=O)N(C)Cc1cccc(N2CCC(C(=O)O)CC2)c1. The van der Waals surface area contributed by atoms with Crippen LogP contribution in [0.5, 0.6) is 5.75 Å². The third-order valence-corrected chi connectivity index (χ3v) is 7.82. The summed E-state index contributed by atoms with van der Waals surface area (Å²) in [5, 5.41) is 9.19. The summed E-state index contributed by atoms with van der Waals surface area (Å²) in [5.41, 5.74) is 3.71. The van der Waals surface area contributed by atoms with E-state index in [0.29, 0.717) is 31.7 Å². The molecule has 7 nitrogen and oxygen atoms in total. The molecule has 1 aliphatic rings. The lowest BCUT2D eigenvalue weighted by molar-refractivity contribution is -0.142. The van der Waals surface area contributed by atoms with Crippen LogP contribution in [0.1, 0.15) is 29.5 Å². The Hall–Kier alpha value is -2.58. The predicted molar refractivity (Wildman–Crippen MR) is 120 cm³/mol. The number of sulfonamides is 1. The van der Waals surface area contributed by atoms with E-state index in [1.165, 1.54) is 11.4 Å². The standard InChI is InChI=1S/C23H30N2O5S/c1-16-12-21(30-4)22(13-17(16)2)31(28,29)24(3)15-18-6-5-7-20(14-18)25-10-8-19(9-11-25)23(26)27/h5-7,12-14,19H,8-11,15H2,1-4H3,(H,26,27). The van der Waals surface area contributed by atoms with Crippen LogP contribution >= 0.6 is 0 Å². The van der Waals surface area contributed by atoms with Crippen molar-refractivity contribution in [2.75, 3.05) is 32.1 Å². The quantitative estimate of drug-likeness (QED) is 0.701. The number of hydrogen-bond donors (Lipinski definition) is 1. The summed E-state index contributed by atoms with van der Waals surface area (Å²) in [6.07, 6.45) is 1.22. The molecule has 0 aromatic heterocycles. The van der Waals surface area contributed by atoms with Gasteiger partial charge in [0.15, 0.2) is 0 Å². The summed E-state index contributed by atoms with van der Waals surface area (Å²) < 4.78 is 33.2. The van der Waals surface area contributed by atoms with Gasteiger partial charge in [-0.1, -0.05) is 12.1 Å². The fourth-order valence-electron chi connectivity index (χ4n) is 3.87. The molecule has 0 radical (unpaired) electrons. The lowest BCUT2D eigenvalue weighted by Gasteiger charge is -2.32. The van der Waals surface area contributed by atoms with Crippen molar-refractivity contribution in [1.82, 2.24) is 4.31 Å². The van der Waals surface area contributed by atoms with Crippen LogP contribution in [0.2, 0.25) is 0 Å². The van der Waals surface area contributed by atoms with Crippen molar-refractivity contribution in [3.8, 4) is 5.75 Å². The van der Waals surface area contributed by atoms with E-state index in [9.17, 15) is 18.3 Å². The van der Waals surface area contributed by atoms with Gasteiger partial charge in [-0.3, -0.25) is 4.79 Å². The van der Waals surface area contributed by atoms with Crippen LogP contribution in [0.3, 0.4) is 0 Å². The van der Waals surface area contributed by atoms with Gasteiger partial charge in [0.1, 0.15) is 10.6 Å². The number of nitrogens with zero attached hydrogens (tertiary/aromatic N) is 2. The van der Waals surface area contributed by atoms with Gasteiger partial charge >= 0.3 is 5.97 Å². The molecule has 0 bridgehead atoms. The maximum atomic E-state index is 13.2. The first-order valence-electron chi connectivity index (χ1n) is 10.3. The van der Waals surface area contributed by atoms with Gasteiger partial charge in [0, 0.05) is 32.4 Å². The van der Waals surface area contributed by atoms with Gasteiger partial charge in [-0.2, -0.15) is 4.31 Å². The van der Waals surface area contributed by atoms with Crippen molar-refractivity contribution in [3.63, 3.8) is 0 Å². The average Bonchev–Trinajstić information content (AvgIpc) is 2.75. The molecule has 0 saturated carbocycles. The van der Waals surface area contributed by atoms with Crippen LogP contribution in [0.15, 0.2) is 41.3 Å². The Bertz CT molecular complexity index is 1060. The first-order valence-corrected chi connectivity index (χ1v) is 11.8. The van der Waals surface area contributed by atoms with Gasteiger partial charge in [-0.25, -0.2) is 8.42 Å². The highest BCUT2D eigenvalue weighted by atomic mass is 32.2. The molecular formula is C23H30N2O5S. The molecule has 31 heavy (non-hydrogen) atoms. The lowest BCUT2D eigenvalue weighted by atomic mass is 9.96. The topological polar surface area (TPSA) is 87.2 Å². The Morgan fingerprint density at radius 1 is 1.16 bits per heavy atom. The lowest BCUT2D eigenvalue weighted by Crippen LogP contribution is -2.36. The van der Waals surface area contributed by atoms with Gasteiger partial charge in [-0.15, -0.1) is 0 Å². The number of benzene rings is 2. The van der Waals surface area contributed by atoms with E-state index in [-0.39, 0.29) is 17.4 Å². The highest BCUT2D eigenvalue weighted by Gasteiger charge is 2.27. The number of aryl methyl sites for hydroxylation is 2. The molecular weight excluding hydrogens is 416 g/mol. The number of carboxylic acid groups (broad SMARTS) is 1. The number of carbonyl (C=O) groups is 1. The van der Waals surface area contributed by atoms with Crippen LogP contribution < -0.4 is 9.64 Å². The molecule has 2 aromatic rings. The number of methoxy groups -OCH3 is 1. The van der Waals surface area contributed by atoms with E-state index in [1.807, 2.05) is 38.1 Å². The summed E-state index contributed by atoms with van der Waals surface area (Å²) in [4.78, 5) is 13.5. The molecule has 0 spiro atoms. The van der Waals surface area contributed by atoms with Crippen LogP contribution in [-0.2, 0) is 21.4 Å². The van der Waals surface area contributed by atoms with Crippen LogP contribution in [0.25, 0.3) is 0 Å². The first kappa shape index (κ1) is 23.1. The summed E-state index contributed by atoms with van der Waals surface area (Å²) in [5.74, 6) is -0.685. The number of hydrogen-bond acceptors (Lipinski definition) is 5. The molecule has 1 saturated heterocycles. The Labute approximate surface area is 184 Å². The number of aliphatic carboxylic acids is 1. The van der Waals surface area contributed by atoms with Crippen molar-refractivity contribution in [2.24, 2.45) is 5.92 Å². The number of carboxylic acids is 1. The molecule has 0 aliphatic carbocycles. The maximum absolute atomic E-state index is 13.2. The minimum absolute atomic E-state index is 0.160. The van der Waals surface area contributed by atoms with Gasteiger partial charge in [0.05, 0.1) is 13.0 Å².